The number of thiophene rings is 1. The number of hydrogen-bond acceptors (Lipinski definition) is 5. The number of nitrogens with zero attached hydrogens (tertiary/aromatic N) is 1. The molecule has 100 valence electrons. The number of nitrogens with one attached hydrogen (secondary N) is 2. The van der Waals surface area contributed by atoms with Crippen LogP contribution in [-0.2, 0) is 6.42 Å². The van der Waals surface area contributed by atoms with Gasteiger partial charge in [0.15, 0.2) is 0 Å². The number of carbonyl (C=O) groups is 1. The Balaban J connectivity index is 1.96. The summed E-state index contributed by atoms with van der Waals surface area (Å²) in [7, 11) is 0. The van der Waals surface area contributed by atoms with Gasteiger partial charge in [-0.2, -0.15) is 0 Å². The molecule has 0 saturated carbocycles. The second kappa shape index (κ2) is 6.31. The Morgan fingerprint density at radius 3 is 2.95 bits per heavy atom. The fourth-order valence-electron chi connectivity index (χ4n) is 1.72. The van der Waals surface area contributed by atoms with Gasteiger partial charge in [0.05, 0.1) is 0 Å². The van der Waals surface area contributed by atoms with Gasteiger partial charge in [0.2, 0.25) is 0 Å². The molecule has 0 radical (unpaired) electrons. The average molecular weight is 276 g/mol. The molecule has 0 bridgehead atoms. The standard InChI is InChI=1S/C13H16N4OS/c1-9(8-10-4-3-7-19-10)15-13(18)11-5-2-6-12(16-11)17-14/h2-7,9H,8,14H2,1H3,(H,15,18)(H,16,17). The van der Waals surface area contributed by atoms with Crippen LogP contribution >= 0.6 is 11.3 Å². The molecule has 0 aromatic carbocycles. The molecule has 6 heteroatoms. The molecule has 0 saturated heterocycles. The summed E-state index contributed by atoms with van der Waals surface area (Å²) in [6, 6.07) is 9.22. The molecule has 0 aliphatic carbocycles. The van der Waals surface area contributed by atoms with Crippen molar-refractivity contribution in [1.29, 1.82) is 0 Å². The van der Waals surface area contributed by atoms with E-state index in [0.717, 1.165) is 6.42 Å². The zero-order valence-corrected chi connectivity index (χ0v) is 11.4. The lowest BCUT2D eigenvalue weighted by atomic mass is 10.2. The Morgan fingerprint density at radius 1 is 1.42 bits per heavy atom. The summed E-state index contributed by atoms with van der Waals surface area (Å²) < 4.78 is 0. The molecule has 5 nitrogen and oxygen atoms in total. The van der Waals surface area contributed by atoms with Crippen LogP contribution in [0, 0.1) is 0 Å². The van der Waals surface area contributed by atoms with Crippen molar-refractivity contribution in [3.63, 3.8) is 0 Å². The van der Waals surface area contributed by atoms with Crippen molar-refractivity contribution >= 4 is 23.1 Å². The first-order valence-corrected chi connectivity index (χ1v) is 6.84. The summed E-state index contributed by atoms with van der Waals surface area (Å²) in [6.45, 7) is 1.97. The van der Waals surface area contributed by atoms with Crippen molar-refractivity contribution in [3.05, 3.63) is 46.3 Å². The number of anilines is 1. The minimum Gasteiger partial charge on any atom is -0.348 e. The van der Waals surface area contributed by atoms with Gasteiger partial charge in [-0.3, -0.25) is 4.79 Å². The van der Waals surface area contributed by atoms with Gasteiger partial charge in [0.1, 0.15) is 11.5 Å². The van der Waals surface area contributed by atoms with E-state index in [9.17, 15) is 4.79 Å². The van der Waals surface area contributed by atoms with E-state index in [1.807, 2.05) is 18.4 Å². The van der Waals surface area contributed by atoms with Crippen molar-refractivity contribution in [2.75, 3.05) is 5.43 Å². The predicted octanol–water partition coefficient (Wildman–Crippen LogP) is 1.79. The van der Waals surface area contributed by atoms with Crippen LogP contribution in [0.5, 0.6) is 0 Å². The van der Waals surface area contributed by atoms with E-state index < -0.39 is 0 Å². The largest absolute Gasteiger partial charge is 0.348 e. The van der Waals surface area contributed by atoms with Crippen molar-refractivity contribution < 1.29 is 4.79 Å². The van der Waals surface area contributed by atoms with E-state index in [-0.39, 0.29) is 11.9 Å². The van der Waals surface area contributed by atoms with Gasteiger partial charge < -0.3 is 10.7 Å². The molecule has 2 aromatic rings. The highest BCUT2D eigenvalue weighted by molar-refractivity contribution is 7.09. The zero-order valence-electron chi connectivity index (χ0n) is 10.6. The maximum absolute atomic E-state index is 12.0. The second-order valence-corrected chi connectivity index (χ2v) is 5.24. The van der Waals surface area contributed by atoms with E-state index in [1.54, 1.807) is 29.5 Å². The first-order valence-electron chi connectivity index (χ1n) is 5.96. The maximum atomic E-state index is 12.0. The third-order valence-corrected chi connectivity index (χ3v) is 3.49. The number of hydrazine groups is 1. The monoisotopic (exact) mass is 276 g/mol. The highest BCUT2D eigenvalue weighted by Crippen LogP contribution is 2.11. The van der Waals surface area contributed by atoms with Crippen molar-refractivity contribution in [2.24, 2.45) is 5.84 Å². The molecule has 2 aromatic heterocycles. The summed E-state index contributed by atoms with van der Waals surface area (Å²) in [5.41, 5.74) is 2.78. The molecule has 0 aliphatic heterocycles. The minimum atomic E-state index is -0.193. The van der Waals surface area contributed by atoms with Crippen molar-refractivity contribution in [1.82, 2.24) is 10.3 Å². The second-order valence-electron chi connectivity index (χ2n) is 4.21. The van der Waals surface area contributed by atoms with Crippen LogP contribution in [0.4, 0.5) is 5.82 Å². The van der Waals surface area contributed by atoms with E-state index in [1.165, 1.54) is 4.88 Å². The lowest BCUT2D eigenvalue weighted by Crippen LogP contribution is -2.34. The average Bonchev–Trinajstić information content (AvgIpc) is 2.91. The van der Waals surface area contributed by atoms with Crippen molar-refractivity contribution in [2.45, 2.75) is 19.4 Å². The van der Waals surface area contributed by atoms with Crippen LogP contribution in [0.3, 0.4) is 0 Å². The SMILES string of the molecule is CC(Cc1cccs1)NC(=O)c1cccc(NN)n1. The van der Waals surface area contributed by atoms with E-state index >= 15 is 0 Å². The lowest BCUT2D eigenvalue weighted by molar-refractivity contribution is 0.0935. The number of hydrogen-bond donors (Lipinski definition) is 3. The number of nitrogens with two attached hydrogens (primary N) is 1. The van der Waals surface area contributed by atoms with E-state index in [2.05, 4.69) is 21.8 Å². The summed E-state index contributed by atoms with van der Waals surface area (Å²) in [5.74, 6) is 5.55. The zero-order chi connectivity index (χ0) is 13.7. The molecule has 1 amide bonds. The fraction of sp³-hybridized carbons (Fsp3) is 0.231. The Labute approximate surface area is 115 Å². The number of pyridine rings is 1. The van der Waals surface area contributed by atoms with Gasteiger partial charge in [0, 0.05) is 17.3 Å². The smallest absolute Gasteiger partial charge is 0.270 e. The predicted molar refractivity (Wildman–Crippen MR) is 77.0 cm³/mol. The van der Waals surface area contributed by atoms with Crippen LogP contribution < -0.4 is 16.6 Å². The Morgan fingerprint density at radius 2 is 2.26 bits per heavy atom. The van der Waals surface area contributed by atoms with E-state index in [0.29, 0.717) is 11.5 Å². The molecule has 4 N–H and O–H groups in total. The number of aromatic nitrogens is 1. The molecular weight excluding hydrogens is 260 g/mol. The summed E-state index contributed by atoms with van der Waals surface area (Å²) >= 11 is 1.69. The fourth-order valence-corrected chi connectivity index (χ4v) is 2.56. The van der Waals surface area contributed by atoms with Crippen molar-refractivity contribution in [3.8, 4) is 0 Å². The summed E-state index contributed by atoms with van der Waals surface area (Å²) in [6.07, 6.45) is 0.818. The summed E-state index contributed by atoms with van der Waals surface area (Å²) in [4.78, 5) is 17.4. The molecule has 0 fully saturated rings. The summed E-state index contributed by atoms with van der Waals surface area (Å²) in [5, 5.41) is 4.95. The van der Waals surface area contributed by atoms with E-state index in [4.69, 9.17) is 5.84 Å². The first kappa shape index (κ1) is 13.5. The Bertz CT molecular complexity index is 541. The van der Waals surface area contributed by atoms with Gasteiger partial charge in [-0.1, -0.05) is 12.1 Å². The molecule has 2 rings (SSSR count). The number of rotatable bonds is 5. The quantitative estimate of drug-likeness (QED) is 0.574. The van der Waals surface area contributed by atoms with Crippen LogP contribution in [0.1, 0.15) is 22.3 Å². The third-order valence-electron chi connectivity index (χ3n) is 2.59. The van der Waals surface area contributed by atoms with Crippen LogP contribution in [0.25, 0.3) is 0 Å². The van der Waals surface area contributed by atoms with Gasteiger partial charge in [-0.25, -0.2) is 10.8 Å². The van der Waals surface area contributed by atoms with Crippen LogP contribution in [0.15, 0.2) is 35.7 Å². The van der Waals surface area contributed by atoms with Gasteiger partial charge >= 0.3 is 0 Å². The first-order chi connectivity index (χ1) is 9.19. The highest BCUT2D eigenvalue weighted by Gasteiger charge is 2.12. The minimum absolute atomic E-state index is 0.0578. The maximum Gasteiger partial charge on any atom is 0.270 e. The highest BCUT2D eigenvalue weighted by atomic mass is 32.1. The van der Waals surface area contributed by atoms with Crippen LogP contribution in [-0.4, -0.2) is 16.9 Å². The molecule has 1 atom stereocenters. The molecule has 0 aliphatic rings. The molecule has 1 unspecified atom stereocenters. The van der Waals surface area contributed by atoms with Gasteiger partial charge in [0.25, 0.3) is 5.91 Å². The van der Waals surface area contributed by atoms with Crippen LogP contribution in [0.2, 0.25) is 0 Å². The Hall–Kier alpha value is -1.92. The number of nitrogen functional groups attached to an aromatic ring is 1. The molecule has 19 heavy (non-hydrogen) atoms. The molecular formula is C13H16N4OS. The van der Waals surface area contributed by atoms with Gasteiger partial charge in [-0.15, -0.1) is 11.3 Å². The molecule has 2 heterocycles. The molecule has 0 spiro atoms. The third kappa shape index (κ3) is 3.77. The number of amides is 1. The number of carbonyl (C=O) groups excluding carboxylic acids is 1. The Kier molecular flexibility index (Phi) is 4.48. The van der Waals surface area contributed by atoms with Gasteiger partial charge in [-0.05, 0) is 30.5 Å². The lowest BCUT2D eigenvalue weighted by Gasteiger charge is -2.12. The topological polar surface area (TPSA) is 80.0 Å². The normalized spacial score (nSPS) is 11.9.